The van der Waals surface area contributed by atoms with Crippen LogP contribution in [0, 0.1) is 0 Å². The number of thioether (sulfide) groups is 1. The molecule has 0 radical (unpaired) electrons. The number of carbonyl (C=O) groups is 1. The number of amides is 1. The van der Waals surface area contributed by atoms with Gasteiger partial charge in [0.2, 0.25) is 0 Å². The second-order valence-corrected chi connectivity index (χ2v) is 7.12. The lowest BCUT2D eigenvalue weighted by Crippen LogP contribution is -2.25. The van der Waals surface area contributed by atoms with Gasteiger partial charge in [-0.1, -0.05) is 24.3 Å². The van der Waals surface area contributed by atoms with Gasteiger partial charge in [0.1, 0.15) is 5.82 Å². The van der Waals surface area contributed by atoms with Gasteiger partial charge >= 0.3 is 0 Å². The van der Waals surface area contributed by atoms with E-state index in [1.54, 1.807) is 11.8 Å². The molecular formula is C22H25N3O2S. The molecule has 0 aliphatic rings. The van der Waals surface area contributed by atoms with Gasteiger partial charge in [0.15, 0.2) is 0 Å². The average molecular weight is 396 g/mol. The molecule has 5 nitrogen and oxygen atoms in total. The molecule has 0 bridgehead atoms. The maximum absolute atomic E-state index is 12.8. The Kier molecular flexibility index (Phi) is 7.28. The highest BCUT2D eigenvalue weighted by molar-refractivity contribution is 7.98. The van der Waals surface area contributed by atoms with E-state index >= 15 is 0 Å². The Morgan fingerprint density at radius 2 is 2.00 bits per heavy atom. The lowest BCUT2D eigenvalue weighted by Gasteiger charge is -2.12. The van der Waals surface area contributed by atoms with Crippen molar-refractivity contribution in [2.45, 2.75) is 18.2 Å². The highest BCUT2D eigenvalue weighted by Crippen LogP contribution is 2.25. The third kappa shape index (κ3) is 5.24. The van der Waals surface area contributed by atoms with Crippen LogP contribution in [-0.4, -0.2) is 36.9 Å². The van der Waals surface area contributed by atoms with Crippen molar-refractivity contribution >= 4 is 40.1 Å². The number of rotatable bonds is 9. The normalized spacial score (nSPS) is 10.8. The van der Waals surface area contributed by atoms with Gasteiger partial charge in [-0.2, -0.15) is 0 Å². The summed E-state index contributed by atoms with van der Waals surface area (Å²) in [6.07, 6.45) is 2.83. The SMILES string of the molecule is CCOCCCNC(=O)c1cc(Nc2cccc(SC)c2)nc2ccccc12. The predicted octanol–water partition coefficient (Wildman–Crippen LogP) is 4.86. The van der Waals surface area contributed by atoms with E-state index in [1.807, 2.05) is 55.6 Å². The summed E-state index contributed by atoms with van der Waals surface area (Å²) in [6, 6.07) is 17.6. The van der Waals surface area contributed by atoms with E-state index < -0.39 is 0 Å². The standard InChI is InChI=1S/C22H25N3O2S/c1-3-27-13-7-12-23-22(26)19-15-21(25-20-11-5-4-10-18(19)20)24-16-8-6-9-17(14-16)28-2/h4-6,8-11,14-15H,3,7,12-13H2,1-2H3,(H,23,26)(H,24,25). The monoisotopic (exact) mass is 395 g/mol. The van der Waals surface area contributed by atoms with E-state index in [0.717, 1.165) is 27.9 Å². The summed E-state index contributed by atoms with van der Waals surface area (Å²) >= 11 is 1.68. The number of carbonyl (C=O) groups excluding carboxylic acids is 1. The first-order chi connectivity index (χ1) is 13.7. The Morgan fingerprint density at radius 3 is 2.82 bits per heavy atom. The summed E-state index contributed by atoms with van der Waals surface area (Å²) in [6.45, 7) is 3.88. The van der Waals surface area contributed by atoms with Crippen molar-refractivity contribution in [1.82, 2.24) is 10.3 Å². The van der Waals surface area contributed by atoms with Gasteiger partial charge in [-0.15, -0.1) is 11.8 Å². The minimum atomic E-state index is -0.101. The second-order valence-electron chi connectivity index (χ2n) is 6.24. The average Bonchev–Trinajstić information content (AvgIpc) is 2.73. The molecule has 2 aromatic carbocycles. The van der Waals surface area contributed by atoms with Gasteiger partial charge in [-0.3, -0.25) is 4.79 Å². The summed E-state index contributed by atoms with van der Waals surface area (Å²) in [4.78, 5) is 18.6. The molecule has 0 saturated carbocycles. The summed E-state index contributed by atoms with van der Waals surface area (Å²) in [5.41, 5.74) is 2.34. The predicted molar refractivity (Wildman–Crippen MR) is 117 cm³/mol. The fourth-order valence-electron chi connectivity index (χ4n) is 2.89. The van der Waals surface area contributed by atoms with E-state index in [0.29, 0.717) is 31.1 Å². The summed E-state index contributed by atoms with van der Waals surface area (Å²) in [5, 5.41) is 7.15. The Balaban J connectivity index is 1.83. The zero-order valence-electron chi connectivity index (χ0n) is 16.2. The van der Waals surface area contributed by atoms with E-state index in [2.05, 4.69) is 27.8 Å². The van der Waals surface area contributed by atoms with Gasteiger partial charge in [-0.05, 0) is 49.9 Å². The van der Waals surface area contributed by atoms with Crippen LogP contribution in [0.15, 0.2) is 59.5 Å². The smallest absolute Gasteiger partial charge is 0.252 e. The Hall–Kier alpha value is -2.57. The first-order valence-corrected chi connectivity index (χ1v) is 10.6. The number of fused-ring (bicyclic) bond motifs is 1. The number of hydrogen-bond acceptors (Lipinski definition) is 5. The van der Waals surface area contributed by atoms with Crippen LogP contribution >= 0.6 is 11.8 Å². The molecule has 1 amide bonds. The summed E-state index contributed by atoms with van der Waals surface area (Å²) < 4.78 is 5.32. The van der Waals surface area contributed by atoms with Crippen molar-refractivity contribution in [3.8, 4) is 0 Å². The molecule has 0 aliphatic carbocycles. The van der Waals surface area contributed by atoms with Crippen LogP contribution in [0.1, 0.15) is 23.7 Å². The molecule has 0 saturated heterocycles. The molecule has 3 aromatic rings. The first kappa shape index (κ1) is 20.2. The van der Waals surface area contributed by atoms with Gasteiger partial charge in [0.25, 0.3) is 5.91 Å². The minimum absolute atomic E-state index is 0.101. The lowest BCUT2D eigenvalue weighted by atomic mass is 10.1. The largest absolute Gasteiger partial charge is 0.382 e. The molecule has 0 atom stereocenters. The van der Waals surface area contributed by atoms with Gasteiger partial charge in [0, 0.05) is 35.7 Å². The van der Waals surface area contributed by atoms with Gasteiger partial charge < -0.3 is 15.4 Å². The molecule has 3 rings (SSSR count). The van der Waals surface area contributed by atoms with Crippen molar-refractivity contribution < 1.29 is 9.53 Å². The summed E-state index contributed by atoms with van der Waals surface area (Å²) in [5.74, 6) is 0.549. The molecule has 0 spiro atoms. The molecule has 2 N–H and O–H groups in total. The molecule has 0 aliphatic heterocycles. The Morgan fingerprint density at radius 1 is 1.14 bits per heavy atom. The molecular weight excluding hydrogens is 370 g/mol. The highest BCUT2D eigenvalue weighted by atomic mass is 32.2. The van der Waals surface area contributed by atoms with Crippen LogP contribution in [0.4, 0.5) is 11.5 Å². The molecule has 6 heteroatoms. The minimum Gasteiger partial charge on any atom is -0.382 e. The second kappa shape index (κ2) is 10.1. The van der Waals surface area contributed by atoms with Crippen LogP contribution in [0.2, 0.25) is 0 Å². The maximum atomic E-state index is 12.8. The third-order valence-electron chi connectivity index (χ3n) is 4.26. The fraction of sp³-hybridized carbons (Fsp3) is 0.273. The number of nitrogens with one attached hydrogen (secondary N) is 2. The van der Waals surface area contributed by atoms with Crippen molar-refractivity contribution in [2.75, 3.05) is 31.3 Å². The third-order valence-corrected chi connectivity index (χ3v) is 4.98. The number of anilines is 2. The molecule has 146 valence electrons. The first-order valence-electron chi connectivity index (χ1n) is 9.38. The molecule has 0 fully saturated rings. The molecule has 1 aromatic heterocycles. The number of benzene rings is 2. The van der Waals surface area contributed by atoms with Crippen LogP contribution in [0.3, 0.4) is 0 Å². The van der Waals surface area contributed by atoms with Crippen LogP contribution in [-0.2, 0) is 4.74 Å². The van der Waals surface area contributed by atoms with Crippen LogP contribution in [0.25, 0.3) is 10.9 Å². The topological polar surface area (TPSA) is 63.2 Å². The van der Waals surface area contributed by atoms with E-state index in [-0.39, 0.29) is 5.91 Å². The van der Waals surface area contributed by atoms with Gasteiger partial charge in [0.05, 0.1) is 11.1 Å². The quantitative estimate of drug-likeness (QED) is 0.400. The van der Waals surface area contributed by atoms with Crippen LogP contribution in [0.5, 0.6) is 0 Å². The Labute approximate surface area is 169 Å². The van der Waals surface area contributed by atoms with E-state index in [4.69, 9.17) is 4.74 Å². The highest BCUT2D eigenvalue weighted by Gasteiger charge is 2.13. The zero-order valence-corrected chi connectivity index (χ0v) is 17.0. The fourth-order valence-corrected chi connectivity index (χ4v) is 3.35. The number of aromatic nitrogens is 1. The number of hydrogen-bond donors (Lipinski definition) is 2. The molecule has 1 heterocycles. The maximum Gasteiger partial charge on any atom is 0.252 e. The summed E-state index contributed by atoms with van der Waals surface area (Å²) in [7, 11) is 0. The van der Waals surface area contributed by atoms with Crippen molar-refractivity contribution in [3.05, 3.63) is 60.2 Å². The van der Waals surface area contributed by atoms with Crippen molar-refractivity contribution in [1.29, 1.82) is 0 Å². The number of para-hydroxylation sites is 1. The molecule has 28 heavy (non-hydrogen) atoms. The van der Waals surface area contributed by atoms with Gasteiger partial charge in [-0.25, -0.2) is 4.98 Å². The number of nitrogens with zero attached hydrogens (tertiary/aromatic N) is 1. The van der Waals surface area contributed by atoms with Crippen LogP contribution < -0.4 is 10.6 Å². The lowest BCUT2D eigenvalue weighted by molar-refractivity contribution is 0.0946. The number of pyridine rings is 1. The van der Waals surface area contributed by atoms with E-state index in [1.165, 1.54) is 0 Å². The Bertz CT molecular complexity index is 946. The number of ether oxygens (including phenoxy) is 1. The van der Waals surface area contributed by atoms with Crippen molar-refractivity contribution in [3.63, 3.8) is 0 Å². The molecule has 0 unspecified atom stereocenters. The zero-order chi connectivity index (χ0) is 19.8. The van der Waals surface area contributed by atoms with Crippen molar-refractivity contribution in [2.24, 2.45) is 0 Å². The van der Waals surface area contributed by atoms with E-state index in [9.17, 15) is 4.79 Å².